The van der Waals surface area contributed by atoms with Gasteiger partial charge in [0.05, 0.1) is 178 Å². The van der Waals surface area contributed by atoms with Gasteiger partial charge in [-0.25, -0.2) is 0 Å². The van der Waals surface area contributed by atoms with Crippen LogP contribution in [0.15, 0.2) is 43.1 Å². The minimum Gasteiger partial charge on any atom is -0.394 e. The van der Waals surface area contributed by atoms with Crippen molar-refractivity contribution in [1.29, 1.82) is 0 Å². The molecule has 0 heterocycles. The molecule has 0 aromatic heterocycles. The first kappa shape index (κ1) is 95.1. The molecule has 0 saturated carbocycles. The fourth-order valence-corrected chi connectivity index (χ4v) is 8.02. The highest BCUT2D eigenvalue weighted by Gasteiger charge is 2.95. The summed E-state index contributed by atoms with van der Waals surface area (Å²) in [4.78, 5) is 11.7. The normalized spacial score (nSPS) is 17.1. The molecule has 0 rings (SSSR count). The second-order valence-corrected chi connectivity index (χ2v) is 22.4. The van der Waals surface area contributed by atoms with Crippen LogP contribution in [0.3, 0.4) is 0 Å². The van der Waals surface area contributed by atoms with Gasteiger partial charge in [0, 0.05) is 12.2 Å². The largest absolute Gasteiger partial charge is 0.460 e. The molecular formula is C55H88F17NO24S. The molecule has 0 saturated heterocycles. The molecule has 0 aromatic carbocycles. The second kappa shape index (κ2) is 48.9. The average Bonchev–Trinajstić information content (AvgIpc) is 0.698. The van der Waals surface area contributed by atoms with E-state index in [4.69, 9.17) is 71.4 Å². The number of thioether (sulfide) groups is 1. The first-order valence-electron chi connectivity index (χ1n) is 29.4. The van der Waals surface area contributed by atoms with Crippen LogP contribution in [0.25, 0.3) is 0 Å². The topological polar surface area (TPSA) is 341 Å². The Morgan fingerprint density at radius 3 is 0.939 bits per heavy atom. The van der Waals surface area contributed by atoms with Crippen molar-refractivity contribution in [3.05, 3.63) is 42.9 Å². The maximum atomic E-state index is 14.9. The summed E-state index contributed by atoms with van der Waals surface area (Å²) in [6.07, 6.45) is -21.0. The predicted molar refractivity (Wildman–Crippen MR) is 306 cm³/mol. The van der Waals surface area contributed by atoms with E-state index in [1.165, 1.54) is 18.2 Å². The molecule has 12 unspecified atom stereocenters. The van der Waals surface area contributed by atoms with Crippen molar-refractivity contribution >= 4 is 11.8 Å². The number of rotatable bonds is 66. The molecular weight excluding hydrogens is 1410 g/mol. The van der Waals surface area contributed by atoms with Crippen molar-refractivity contribution in [2.75, 3.05) is 183 Å². The average molecular weight is 1500 g/mol. The Bertz CT molecular complexity index is 2100. The summed E-state index contributed by atoms with van der Waals surface area (Å²) in [5.74, 6) is -60.2. The highest BCUT2D eigenvalue weighted by Crippen LogP contribution is 2.64. The fraction of sp³-hybridized carbons (Fsp3) is 0.891. The molecule has 582 valence electrons. The monoisotopic (exact) mass is 1500 g/mol. The molecule has 0 aromatic rings. The summed E-state index contributed by atoms with van der Waals surface area (Å²) >= 11 is -0.0144. The van der Waals surface area contributed by atoms with Crippen LogP contribution in [-0.2, 0) is 66.3 Å². The third-order valence-electron chi connectivity index (χ3n) is 12.2. The zero-order valence-corrected chi connectivity index (χ0v) is 53.5. The van der Waals surface area contributed by atoms with Gasteiger partial charge in [-0.15, -0.1) is 19.7 Å². The van der Waals surface area contributed by atoms with Gasteiger partial charge in [-0.3, -0.25) is 0 Å². The van der Waals surface area contributed by atoms with E-state index in [0.29, 0.717) is 0 Å². The molecule has 0 bridgehead atoms. The molecule has 0 aliphatic carbocycles. The van der Waals surface area contributed by atoms with E-state index in [9.17, 15) is 120 Å². The summed E-state index contributed by atoms with van der Waals surface area (Å²) < 4.78 is 313. The Morgan fingerprint density at radius 1 is 0.337 bits per heavy atom. The second-order valence-electron chi connectivity index (χ2n) is 21.3. The van der Waals surface area contributed by atoms with Crippen molar-refractivity contribution in [2.45, 2.75) is 127 Å². The number of nitrogens with zero attached hydrogens (tertiary/aromatic N) is 1. The van der Waals surface area contributed by atoms with Crippen molar-refractivity contribution in [3.8, 4) is 0 Å². The van der Waals surface area contributed by atoms with Gasteiger partial charge < -0.3 is 112 Å². The Labute approximate surface area is 556 Å². The van der Waals surface area contributed by atoms with Gasteiger partial charge in [0.15, 0.2) is 0 Å². The van der Waals surface area contributed by atoms with Crippen LogP contribution in [0, 0.1) is 4.91 Å². The SMILES string of the molecule is C=CCOCC(O)COCC(O)COCC(O)COCC(COCC(COCC(CSCCC(F)(F)C(F)(F)C(F)(F)C(F)(F)C(F)(F)C(F)(F)C(F)(F)C(F)(F)F)OCC(O)COCC(O)COCC=C)OCC(O)COCC(O)COCC=C)OCC(COCC(O)CO)N=O. The number of halogens is 17. The van der Waals surface area contributed by atoms with Crippen molar-refractivity contribution in [3.63, 3.8) is 0 Å². The van der Waals surface area contributed by atoms with Crippen LogP contribution < -0.4 is 0 Å². The first-order chi connectivity index (χ1) is 45.7. The van der Waals surface area contributed by atoms with Crippen LogP contribution >= 0.6 is 11.8 Å². The van der Waals surface area contributed by atoms with Crippen LogP contribution in [0.1, 0.15) is 6.42 Å². The van der Waals surface area contributed by atoms with Gasteiger partial charge in [0.2, 0.25) is 0 Å². The molecule has 0 aliphatic rings. The Kier molecular flexibility index (Phi) is 47.4. The maximum absolute atomic E-state index is 14.9. The molecule has 0 spiro atoms. The van der Waals surface area contributed by atoms with E-state index < -0.39 is 244 Å². The van der Waals surface area contributed by atoms with E-state index in [0.717, 1.165) is 0 Å². The molecule has 0 fully saturated rings. The third-order valence-corrected chi connectivity index (χ3v) is 13.3. The lowest BCUT2D eigenvalue weighted by atomic mass is 9.88. The molecule has 0 radical (unpaired) electrons. The third kappa shape index (κ3) is 35.0. The van der Waals surface area contributed by atoms with Crippen LogP contribution in [-0.4, -0.2) is 350 Å². The molecule has 12 atom stereocenters. The number of hydrogen-bond acceptors (Lipinski definition) is 26. The lowest BCUT2D eigenvalue weighted by Crippen LogP contribution is -2.74. The van der Waals surface area contributed by atoms with Gasteiger partial charge in [-0.05, 0) is 5.75 Å². The van der Waals surface area contributed by atoms with Gasteiger partial charge >= 0.3 is 47.6 Å². The molecule has 0 amide bonds. The Morgan fingerprint density at radius 2 is 0.602 bits per heavy atom. The van der Waals surface area contributed by atoms with Gasteiger partial charge in [0.25, 0.3) is 0 Å². The zero-order chi connectivity index (χ0) is 74.9. The van der Waals surface area contributed by atoms with Crippen molar-refractivity contribution in [1.82, 2.24) is 0 Å². The van der Waals surface area contributed by atoms with Crippen LogP contribution in [0.4, 0.5) is 74.6 Å². The van der Waals surface area contributed by atoms with E-state index in [1.54, 1.807) is 0 Å². The maximum Gasteiger partial charge on any atom is 0.460 e. The minimum absolute atomic E-state index is 0.0144. The van der Waals surface area contributed by atoms with E-state index >= 15 is 0 Å². The number of nitroso groups, excluding NO2 is 1. The molecule has 43 heteroatoms. The Balaban J connectivity index is 6.70. The van der Waals surface area contributed by atoms with Crippen LogP contribution in [0.5, 0.6) is 0 Å². The summed E-state index contributed by atoms with van der Waals surface area (Å²) in [5, 5.41) is 93.5. The van der Waals surface area contributed by atoms with Crippen LogP contribution in [0.2, 0.25) is 0 Å². The predicted octanol–water partition coefficient (Wildman–Crippen LogP) is 3.03. The van der Waals surface area contributed by atoms with Crippen molar-refractivity contribution in [2.24, 2.45) is 5.18 Å². The van der Waals surface area contributed by atoms with Gasteiger partial charge in [0.1, 0.15) is 67.1 Å². The summed E-state index contributed by atoms with van der Waals surface area (Å²) in [5.41, 5.74) is 0. The molecule has 0 aliphatic heterocycles. The summed E-state index contributed by atoms with van der Waals surface area (Å²) in [6.45, 7) is 0.0124. The quantitative estimate of drug-likeness (QED) is 0.0183. The fourth-order valence-electron chi connectivity index (χ4n) is 7.00. The number of aliphatic hydroxyl groups excluding tert-OH is 9. The molecule has 9 N–H and O–H groups in total. The Hall–Kier alpha value is -2.94. The van der Waals surface area contributed by atoms with E-state index in [1.807, 2.05) is 0 Å². The van der Waals surface area contributed by atoms with Crippen molar-refractivity contribution < 1.29 is 187 Å². The van der Waals surface area contributed by atoms with Gasteiger partial charge in [-0.1, -0.05) is 23.4 Å². The molecule has 98 heavy (non-hydrogen) atoms. The number of hydrogen-bond donors (Lipinski definition) is 9. The van der Waals surface area contributed by atoms with E-state index in [-0.39, 0.29) is 77.8 Å². The number of alkyl halides is 17. The lowest BCUT2D eigenvalue weighted by Gasteiger charge is -2.42. The standard InChI is InChI=1S/C55H88F17NO24S/c1-4-8-84-16-38(76)19-88-22-41(79)23-89-24-42(80)25-92-30-45(95-14-36(73-83)13-87-15-37(75)12-74)31-93-32-46(96-28-43(81)26-90-20-39(77)17-85-9-5-2)33-94-34-47(97-29-44(82)27-91-21-40(78)18-86-10-6-3)35-98-11-7-48(56,57)49(58,59)50(60,61)51(62,63)52(64,65)53(66,67)54(68,69)55(70,71)72/h4-6,36-47,74-82H,1-3,7-35H2. The number of aliphatic hydroxyl groups is 9. The highest BCUT2D eigenvalue weighted by molar-refractivity contribution is 7.99. The minimum atomic E-state index is -8.81. The summed E-state index contributed by atoms with van der Waals surface area (Å²) in [6, 6.07) is -1.26. The lowest BCUT2D eigenvalue weighted by molar-refractivity contribution is -0.461. The molecule has 25 nitrogen and oxygen atoms in total. The number of ether oxygens (including phenoxy) is 14. The highest BCUT2D eigenvalue weighted by atomic mass is 32.2. The first-order valence-corrected chi connectivity index (χ1v) is 30.5. The summed E-state index contributed by atoms with van der Waals surface area (Å²) in [7, 11) is 0. The van der Waals surface area contributed by atoms with Gasteiger partial charge in [-0.2, -0.15) is 91.3 Å². The zero-order valence-electron chi connectivity index (χ0n) is 52.7. The smallest absolute Gasteiger partial charge is 0.394 e. The van der Waals surface area contributed by atoms with E-state index in [2.05, 4.69) is 24.9 Å².